The molecule has 34 heavy (non-hydrogen) atoms. The molecule has 4 aromatic rings. The first-order chi connectivity index (χ1) is 16.7. The van der Waals surface area contributed by atoms with Crippen molar-refractivity contribution in [2.75, 3.05) is 5.75 Å². The third kappa shape index (κ3) is 5.38. The highest BCUT2D eigenvalue weighted by atomic mass is 32.2. The molecule has 0 fully saturated rings. The summed E-state index contributed by atoms with van der Waals surface area (Å²) in [6, 6.07) is 18.8. The molecule has 2 aromatic heterocycles. The number of aromatic nitrogens is 4. The minimum Gasteiger partial charge on any atom is -0.507 e. The molecule has 0 atom stereocenters. The van der Waals surface area contributed by atoms with E-state index in [1.165, 1.54) is 18.0 Å². The Balaban J connectivity index is 1.46. The maximum Gasteiger partial charge on any atom is 0.250 e. The first-order valence-corrected chi connectivity index (χ1v) is 11.4. The fourth-order valence-corrected chi connectivity index (χ4v) is 3.98. The summed E-state index contributed by atoms with van der Waals surface area (Å²) >= 11 is 1.25. The summed E-state index contributed by atoms with van der Waals surface area (Å²) in [5.41, 5.74) is 5.50. The van der Waals surface area contributed by atoms with Crippen LogP contribution in [-0.4, -0.2) is 42.7 Å². The van der Waals surface area contributed by atoms with Gasteiger partial charge in [-0.25, -0.2) is 5.43 Å². The van der Waals surface area contributed by atoms with Crippen LogP contribution in [-0.2, 0) is 11.2 Å². The van der Waals surface area contributed by atoms with Crippen molar-refractivity contribution in [3.63, 3.8) is 0 Å². The Bertz CT molecular complexity index is 1310. The molecule has 8 nitrogen and oxygen atoms in total. The van der Waals surface area contributed by atoms with Crippen LogP contribution in [0.1, 0.15) is 11.1 Å². The van der Waals surface area contributed by atoms with Crippen LogP contribution in [0.25, 0.3) is 17.1 Å². The fourth-order valence-electron chi connectivity index (χ4n) is 3.23. The highest BCUT2D eigenvalue weighted by Crippen LogP contribution is 2.27. The fraction of sp³-hybridized carbons (Fsp3) is 0.0800. The van der Waals surface area contributed by atoms with E-state index in [0.717, 1.165) is 16.8 Å². The normalized spacial score (nSPS) is 10.9. The van der Waals surface area contributed by atoms with Crippen molar-refractivity contribution in [1.82, 2.24) is 25.2 Å². The molecule has 1 amide bonds. The van der Waals surface area contributed by atoms with Gasteiger partial charge in [0.05, 0.1) is 12.0 Å². The molecule has 2 heterocycles. The maximum absolute atomic E-state index is 12.4. The van der Waals surface area contributed by atoms with Crippen LogP contribution >= 0.6 is 11.8 Å². The summed E-state index contributed by atoms with van der Waals surface area (Å²) in [6.07, 6.45) is 7.06. The minimum absolute atomic E-state index is 0.0845. The number of rotatable bonds is 9. The van der Waals surface area contributed by atoms with Crippen LogP contribution in [0.15, 0.2) is 96.0 Å². The van der Waals surface area contributed by atoms with Gasteiger partial charge in [-0.05, 0) is 42.3 Å². The van der Waals surface area contributed by atoms with Gasteiger partial charge in [0.1, 0.15) is 5.75 Å². The average Bonchev–Trinajstić information content (AvgIpc) is 3.30. The molecule has 0 spiro atoms. The van der Waals surface area contributed by atoms with Crippen molar-refractivity contribution >= 4 is 23.9 Å². The lowest BCUT2D eigenvalue weighted by molar-refractivity contribution is -0.118. The first-order valence-electron chi connectivity index (χ1n) is 10.4. The molecular weight excluding hydrogens is 448 g/mol. The van der Waals surface area contributed by atoms with Crippen LogP contribution in [0.5, 0.6) is 5.75 Å². The quantitative estimate of drug-likeness (QED) is 0.166. The number of hydrazone groups is 1. The largest absolute Gasteiger partial charge is 0.507 e. The number of hydrogen-bond donors (Lipinski definition) is 2. The molecule has 0 aliphatic carbocycles. The average molecular weight is 471 g/mol. The number of nitrogens with zero attached hydrogens (tertiary/aromatic N) is 5. The second-order valence-electron chi connectivity index (χ2n) is 7.14. The SMILES string of the molecule is C=CCc1cccc(C=NNC(=O)CSc2nnc(-c3ccncc3)n2-c2ccccc2)c1O. The van der Waals surface area contributed by atoms with E-state index in [2.05, 4.69) is 32.3 Å². The third-order valence-corrected chi connectivity index (χ3v) is 5.76. The van der Waals surface area contributed by atoms with Crippen molar-refractivity contribution in [1.29, 1.82) is 0 Å². The molecule has 9 heteroatoms. The van der Waals surface area contributed by atoms with E-state index in [4.69, 9.17) is 0 Å². The smallest absolute Gasteiger partial charge is 0.250 e. The van der Waals surface area contributed by atoms with Crippen molar-refractivity contribution in [3.8, 4) is 22.8 Å². The lowest BCUT2D eigenvalue weighted by atomic mass is 10.1. The number of phenols is 1. The zero-order chi connectivity index (χ0) is 23.8. The predicted octanol–water partition coefficient (Wildman–Crippen LogP) is 4.01. The summed E-state index contributed by atoms with van der Waals surface area (Å²) in [7, 11) is 0. The molecule has 0 saturated carbocycles. The molecule has 0 saturated heterocycles. The van der Waals surface area contributed by atoms with E-state index >= 15 is 0 Å². The summed E-state index contributed by atoms with van der Waals surface area (Å²) < 4.78 is 1.90. The number of carbonyl (C=O) groups excluding carboxylic acids is 1. The van der Waals surface area contributed by atoms with Crippen LogP contribution < -0.4 is 5.43 Å². The lowest BCUT2D eigenvalue weighted by Crippen LogP contribution is -2.20. The summed E-state index contributed by atoms with van der Waals surface area (Å²) in [4.78, 5) is 16.5. The predicted molar refractivity (Wildman–Crippen MR) is 133 cm³/mol. The molecule has 2 N–H and O–H groups in total. The Morgan fingerprint density at radius 3 is 2.65 bits per heavy atom. The van der Waals surface area contributed by atoms with E-state index in [9.17, 15) is 9.90 Å². The molecule has 170 valence electrons. The van der Waals surface area contributed by atoms with Gasteiger partial charge in [0.15, 0.2) is 11.0 Å². The zero-order valence-electron chi connectivity index (χ0n) is 18.2. The Morgan fingerprint density at radius 1 is 1.09 bits per heavy atom. The Labute approximate surface area is 201 Å². The van der Waals surface area contributed by atoms with Gasteiger partial charge < -0.3 is 5.11 Å². The van der Waals surface area contributed by atoms with Crippen LogP contribution in [0.4, 0.5) is 0 Å². The van der Waals surface area contributed by atoms with Crippen molar-refractivity contribution < 1.29 is 9.90 Å². The molecule has 0 unspecified atom stereocenters. The molecule has 0 radical (unpaired) electrons. The van der Waals surface area contributed by atoms with Crippen molar-refractivity contribution in [3.05, 3.63) is 96.8 Å². The number of hydrogen-bond acceptors (Lipinski definition) is 7. The number of carbonyl (C=O) groups is 1. The number of pyridine rings is 1. The van der Waals surface area contributed by atoms with Gasteiger partial charge in [0, 0.05) is 29.2 Å². The molecule has 2 aromatic carbocycles. The van der Waals surface area contributed by atoms with E-state index in [-0.39, 0.29) is 17.4 Å². The molecular formula is C25H22N6O2S. The monoisotopic (exact) mass is 470 g/mol. The van der Waals surface area contributed by atoms with E-state index in [1.807, 2.05) is 59.2 Å². The van der Waals surface area contributed by atoms with Gasteiger partial charge in [-0.15, -0.1) is 16.8 Å². The van der Waals surface area contributed by atoms with Gasteiger partial charge in [-0.3, -0.25) is 14.3 Å². The number of nitrogens with one attached hydrogen (secondary N) is 1. The van der Waals surface area contributed by atoms with Crippen LogP contribution in [0, 0.1) is 0 Å². The van der Waals surface area contributed by atoms with Crippen molar-refractivity contribution in [2.24, 2.45) is 5.10 Å². The Morgan fingerprint density at radius 2 is 1.88 bits per heavy atom. The van der Waals surface area contributed by atoms with Crippen molar-refractivity contribution in [2.45, 2.75) is 11.6 Å². The van der Waals surface area contributed by atoms with E-state index < -0.39 is 0 Å². The summed E-state index contributed by atoms with van der Waals surface area (Å²) in [5.74, 6) is 0.552. The highest BCUT2D eigenvalue weighted by molar-refractivity contribution is 7.99. The first kappa shape index (κ1) is 22.9. The van der Waals surface area contributed by atoms with Gasteiger partial charge in [0.25, 0.3) is 5.91 Å². The number of thioether (sulfide) groups is 1. The van der Waals surface area contributed by atoms with Gasteiger partial charge in [-0.1, -0.05) is 48.2 Å². The van der Waals surface area contributed by atoms with Gasteiger partial charge in [0.2, 0.25) is 0 Å². The lowest BCUT2D eigenvalue weighted by Gasteiger charge is -2.10. The molecule has 4 rings (SSSR count). The van der Waals surface area contributed by atoms with Crippen LogP contribution in [0.3, 0.4) is 0 Å². The number of benzene rings is 2. The Kier molecular flexibility index (Phi) is 7.46. The maximum atomic E-state index is 12.4. The van der Waals surface area contributed by atoms with E-state index in [0.29, 0.717) is 23.0 Å². The van der Waals surface area contributed by atoms with Gasteiger partial charge in [-0.2, -0.15) is 5.10 Å². The highest BCUT2D eigenvalue weighted by Gasteiger charge is 2.17. The molecule has 0 bridgehead atoms. The van der Waals surface area contributed by atoms with Crippen LogP contribution in [0.2, 0.25) is 0 Å². The standard InChI is InChI=1S/C25H22N6O2S/c1-2-7-18-8-6-9-20(23(18)33)16-27-28-22(32)17-34-25-30-29-24(19-12-14-26-15-13-19)31(25)21-10-4-3-5-11-21/h2-6,8-16,33H,1,7,17H2,(H,28,32). The zero-order valence-corrected chi connectivity index (χ0v) is 19.0. The Hall–Kier alpha value is -4.24. The van der Waals surface area contributed by atoms with Gasteiger partial charge >= 0.3 is 0 Å². The van der Waals surface area contributed by atoms with E-state index in [1.54, 1.807) is 24.5 Å². The molecule has 0 aliphatic heterocycles. The third-order valence-electron chi connectivity index (χ3n) is 4.83. The topological polar surface area (TPSA) is 105 Å². The summed E-state index contributed by atoms with van der Waals surface area (Å²) in [5, 5.41) is 23.5. The number of phenolic OH excluding ortho intramolecular Hbond substituents is 1. The second-order valence-corrected chi connectivity index (χ2v) is 8.09. The number of para-hydroxylation sites is 2. The summed E-state index contributed by atoms with van der Waals surface area (Å²) in [6.45, 7) is 3.68. The molecule has 0 aliphatic rings. The second kappa shape index (κ2) is 11.1. The number of amides is 1. The number of allylic oxidation sites excluding steroid dienone is 1. The minimum atomic E-state index is -0.309. The number of aromatic hydroxyl groups is 1.